The third-order valence-electron chi connectivity index (χ3n) is 6.07. The van der Waals surface area contributed by atoms with Gasteiger partial charge in [0.15, 0.2) is 6.10 Å². The van der Waals surface area contributed by atoms with E-state index in [0.29, 0.717) is 46.4 Å². The number of ether oxygens (including phenoxy) is 3. The molecule has 0 aliphatic rings. The Hall–Kier alpha value is -4.09. The van der Waals surface area contributed by atoms with Gasteiger partial charge in [0, 0.05) is 35.3 Å². The summed E-state index contributed by atoms with van der Waals surface area (Å²) in [5, 5.41) is 5.41. The number of carbonyl (C=O) groups excluding carboxylic acids is 1. The predicted octanol–water partition coefficient (Wildman–Crippen LogP) is 5.83. The third kappa shape index (κ3) is 7.77. The van der Waals surface area contributed by atoms with Crippen molar-refractivity contribution in [3.05, 3.63) is 94.8 Å². The van der Waals surface area contributed by atoms with Crippen LogP contribution in [-0.2, 0) is 32.1 Å². The molecule has 0 spiro atoms. The van der Waals surface area contributed by atoms with E-state index in [9.17, 15) is 18.0 Å². The summed E-state index contributed by atoms with van der Waals surface area (Å²) in [5.41, 5.74) is 3.31. The highest BCUT2D eigenvalue weighted by Crippen LogP contribution is 2.29. The number of methoxy groups -OCH3 is 1. The Morgan fingerprint density at radius 2 is 1.80 bits per heavy atom. The first-order valence-corrected chi connectivity index (χ1v) is 12.9. The van der Waals surface area contributed by atoms with E-state index < -0.39 is 24.9 Å². The molecule has 0 amide bonds. The Balaban J connectivity index is 1.39. The highest BCUT2D eigenvalue weighted by atomic mass is 35.5. The summed E-state index contributed by atoms with van der Waals surface area (Å²) in [6.45, 7) is -0.760. The van der Waals surface area contributed by atoms with Crippen LogP contribution in [0, 0.1) is 0 Å². The lowest BCUT2D eigenvalue weighted by atomic mass is 10.0. The number of nitrogens with zero attached hydrogens (tertiary/aromatic N) is 3. The fourth-order valence-electron chi connectivity index (χ4n) is 4.13. The van der Waals surface area contributed by atoms with E-state index in [4.69, 9.17) is 25.9 Å². The molecule has 41 heavy (non-hydrogen) atoms. The van der Waals surface area contributed by atoms with Crippen molar-refractivity contribution >= 4 is 34.3 Å². The van der Waals surface area contributed by atoms with Gasteiger partial charge in [-0.1, -0.05) is 59.2 Å². The van der Waals surface area contributed by atoms with Gasteiger partial charge in [-0.05, 0) is 23.8 Å². The number of rotatable bonds is 12. The number of aromatic nitrogens is 2. The van der Waals surface area contributed by atoms with Gasteiger partial charge in [-0.15, -0.1) is 0 Å². The van der Waals surface area contributed by atoms with Crippen LogP contribution < -0.4 is 4.74 Å². The van der Waals surface area contributed by atoms with E-state index in [1.54, 1.807) is 30.5 Å². The zero-order valence-electron chi connectivity index (χ0n) is 22.2. The Morgan fingerprint density at radius 1 is 1.07 bits per heavy atom. The minimum atomic E-state index is -4.55. The molecule has 8 nitrogen and oxygen atoms in total. The number of esters is 1. The molecule has 2 aromatic heterocycles. The molecular formula is C29H27ClF3N3O5. The van der Waals surface area contributed by atoms with Crippen LogP contribution >= 0.6 is 11.6 Å². The van der Waals surface area contributed by atoms with Crippen LogP contribution in [0.15, 0.2) is 78.2 Å². The monoisotopic (exact) mass is 589 g/mol. The number of carbonyl (C=O) groups is 1. The first-order chi connectivity index (χ1) is 19.7. The van der Waals surface area contributed by atoms with Gasteiger partial charge in [-0.25, -0.2) is 9.78 Å². The lowest BCUT2D eigenvalue weighted by Crippen LogP contribution is -2.32. The summed E-state index contributed by atoms with van der Waals surface area (Å²) >= 11 is 6.77. The van der Waals surface area contributed by atoms with E-state index in [1.165, 1.54) is 7.11 Å². The number of hydrogen-bond donors (Lipinski definition) is 0. The molecule has 0 N–H and O–H groups in total. The van der Waals surface area contributed by atoms with Gasteiger partial charge in [0.2, 0.25) is 0 Å². The van der Waals surface area contributed by atoms with Crippen LogP contribution in [0.3, 0.4) is 0 Å². The molecule has 0 saturated heterocycles. The second-order valence-electron chi connectivity index (χ2n) is 8.86. The summed E-state index contributed by atoms with van der Waals surface area (Å²) in [6, 6.07) is 18.0. The summed E-state index contributed by atoms with van der Waals surface area (Å²) < 4.78 is 54.6. The van der Waals surface area contributed by atoms with Crippen LogP contribution in [0.1, 0.15) is 16.7 Å². The fraction of sp³-hybridized carbons (Fsp3) is 0.276. The Labute approximate surface area is 239 Å². The summed E-state index contributed by atoms with van der Waals surface area (Å²) in [7, 11) is 2.57. The maximum atomic E-state index is 12.5. The van der Waals surface area contributed by atoms with Crippen LogP contribution in [0.5, 0.6) is 5.75 Å². The average Bonchev–Trinajstić information content (AvgIpc) is 3.38. The second kappa shape index (κ2) is 13.5. The van der Waals surface area contributed by atoms with Crippen LogP contribution in [-0.4, -0.2) is 60.9 Å². The SMILES string of the molecule is CO/N=C(\c1ccccc1)c1cnc2c(ccn2CCOc2ccc(CC(OCC(F)(F)F)C(=O)OC)cc2)c1Cl. The maximum Gasteiger partial charge on any atom is 0.411 e. The quantitative estimate of drug-likeness (QED) is 0.117. The lowest BCUT2D eigenvalue weighted by molar-refractivity contribution is -0.193. The van der Waals surface area contributed by atoms with E-state index >= 15 is 0 Å². The maximum absolute atomic E-state index is 12.5. The Morgan fingerprint density at radius 3 is 2.46 bits per heavy atom. The van der Waals surface area contributed by atoms with E-state index in [1.807, 2.05) is 47.2 Å². The van der Waals surface area contributed by atoms with Crippen LogP contribution in [0.4, 0.5) is 13.2 Å². The molecule has 12 heteroatoms. The predicted molar refractivity (Wildman–Crippen MR) is 147 cm³/mol. The molecule has 1 unspecified atom stereocenters. The molecular weight excluding hydrogens is 563 g/mol. The first kappa shape index (κ1) is 29.9. The molecule has 0 aliphatic heterocycles. The lowest BCUT2D eigenvalue weighted by Gasteiger charge is -2.17. The topological polar surface area (TPSA) is 84.2 Å². The molecule has 2 heterocycles. The van der Waals surface area contributed by atoms with Crippen molar-refractivity contribution in [2.75, 3.05) is 27.4 Å². The van der Waals surface area contributed by atoms with Gasteiger partial charge >= 0.3 is 12.1 Å². The smallest absolute Gasteiger partial charge is 0.411 e. The van der Waals surface area contributed by atoms with E-state index in [2.05, 4.69) is 14.9 Å². The van der Waals surface area contributed by atoms with Gasteiger partial charge in [0.05, 0.1) is 18.7 Å². The molecule has 0 saturated carbocycles. The van der Waals surface area contributed by atoms with Crippen molar-refractivity contribution in [1.82, 2.24) is 9.55 Å². The number of halogens is 4. The molecule has 0 fully saturated rings. The van der Waals surface area contributed by atoms with Crippen molar-refractivity contribution < 1.29 is 37.0 Å². The minimum absolute atomic E-state index is 0.0755. The molecule has 4 aromatic rings. The number of oxime groups is 1. The highest BCUT2D eigenvalue weighted by molar-refractivity contribution is 6.39. The largest absolute Gasteiger partial charge is 0.492 e. The van der Waals surface area contributed by atoms with Gasteiger partial charge in [-0.3, -0.25) is 0 Å². The second-order valence-corrected chi connectivity index (χ2v) is 9.23. The number of benzene rings is 2. The number of hydrogen-bond acceptors (Lipinski definition) is 7. The molecule has 0 aliphatic carbocycles. The molecule has 0 radical (unpaired) electrons. The van der Waals surface area contributed by atoms with Crippen molar-refractivity contribution in [2.24, 2.45) is 5.16 Å². The third-order valence-corrected chi connectivity index (χ3v) is 6.47. The van der Waals surface area contributed by atoms with Crippen LogP contribution in [0.25, 0.3) is 11.0 Å². The number of pyridine rings is 1. The van der Waals surface area contributed by atoms with Gasteiger partial charge < -0.3 is 23.6 Å². The fourth-order valence-corrected chi connectivity index (χ4v) is 4.42. The Bertz CT molecular complexity index is 1490. The van der Waals surface area contributed by atoms with Crippen molar-refractivity contribution in [3.8, 4) is 5.75 Å². The van der Waals surface area contributed by atoms with E-state index in [0.717, 1.165) is 18.1 Å². The zero-order chi connectivity index (χ0) is 29.4. The van der Waals surface area contributed by atoms with E-state index in [-0.39, 0.29) is 6.42 Å². The van der Waals surface area contributed by atoms with Crippen molar-refractivity contribution in [3.63, 3.8) is 0 Å². The normalized spacial score (nSPS) is 12.8. The zero-order valence-corrected chi connectivity index (χ0v) is 23.0. The molecule has 0 bridgehead atoms. The van der Waals surface area contributed by atoms with Gasteiger partial charge in [-0.2, -0.15) is 13.2 Å². The van der Waals surface area contributed by atoms with Gasteiger partial charge in [0.25, 0.3) is 0 Å². The Kier molecular flexibility index (Phi) is 9.85. The first-order valence-electron chi connectivity index (χ1n) is 12.5. The van der Waals surface area contributed by atoms with Crippen LogP contribution in [0.2, 0.25) is 5.02 Å². The molecule has 1 atom stereocenters. The molecule has 4 rings (SSSR count). The van der Waals surface area contributed by atoms with Gasteiger partial charge in [0.1, 0.15) is 37.4 Å². The summed E-state index contributed by atoms with van der Waals surface area (Å²) in [5.74, 6) is -0.329. The summed E-state index contributed by atoms with van der Waals surface area (Å²) in [6.07, 6.45) is -2.48. The standard InChI is InChI=1S/C29H27ClF3N3O5/c1-38-28(37)24(41-18-29(31,32)33)16-19-8-10-21(11-9-19)40-15-14-36-13-12-22-25(30)23(17-34-27(22)36)26(35-39-2)20-6-4-3-5-7-20/h3-13,17,24H,14-16,18H2,1-2H3/b35-26+. The molecule has 216 valence electrons. The van der Waals surface area contributed by atoms with Crippen molar-refractivity contribution in [1.29, 1.82) is 0 Å². The molecule has 2 aromatic carbocycles. The number of alkyl halides is 3. The number of fused-ring (bicyclic) bond motifs is 1. The van der Waals surface area contributed by atoms with Crippen molar-refractivity contribution in [2.45, 2.75) is 25.2 Å². The summed E-state index contributed by atoms with van der Waals surface area (Å²) in [4.78, 5) is 21.5. The average molecular weight is 590 g/mol. The highest BCUT2D eigenvalue weighted by Gasteiger charge is 2.32. The minimum Gasteiger partial charge on any atom is -0.492 e.